The van der Waals surface area contributed by atoms with Gasteiger partial charge in [0.2, 0.25) is 5.91 Å². The fraction of sp³-hybridized carbons (Fsp3) is 0.900. The number of carbonyl (C=O) groups excluding carboxylic acids is 1. The molecule has 0 bridgehead atoms. The van der Waals surface area contributed by atoms with Crippen LogP contribution in [0, 0.1) is 0 Å². The van der Waals surface area contributed by atoms with Gasteiger partial charge in [-0.1, -0.05) is 6.92 Å². The van der Waals surface area contributed by atoms with Crippen molar-refractivity contribution in [2.75, 3.05) is 33.3 Å². The molecule has 0 heterocycles. The lowest BCUT2D eigenvalue weighted by molar-refractivity contribution is -0.131. The van der Waals surface area contributed by atoms with Crippen molar-refractivity contribution in [1.82, 2.24) is 10.2 Å². The van der Waals surface area contributed by atoms with E-state index in [4.69, 9.17) is 5.11 Å². The first kappa shape index (κ1) is 13.4. The first-order valence-electron chi connectivity index (χ1n) is 5.29. The summed E-state index contributed by atoms with van der Waals surface area (Å²) < 4.78 is 0. The van der Waals surface area contributed by atoms with Gasteiger partial charge in [0.1, 0.15) is 0 Å². The second-order valence-electron chi connectivity index (χ2n) is 3.31. The first-order valence-corrected chi connectivity index (χ1v) is 5.29. The van der Waals surface area contributed by atoms with E-state index in [1.807, 2.05) is 14.0 Å². The molecule has 4 heteroatoms. The molecule has 0 saturated carbocycles. The van der Waals surface area contributed by atoms with Crippen LogP contribution >= 0.6 is 0 Å². The summed E-state index contributed by atoms with van der Waals surface area (Å²) in [6, 6.07) is 0. The number of nitrogens with zero attached hydrogens (tertiary/aromatic N) is 1. The Bertz CT molecular complexity index is 145. The van der Waals surface area contributed by atoms with E-state index in [-0.39, 0.29) is 12.5 Å². The van der Waals surface area contributed by atoms with E-state index >= 15 is 0 Å². The van der Waals surface area contributed by atoms with Gasteiger partial charge in [-0.2, -0.15) is 0 Å². The summed E-state index contributed by atoms with van der Waals surface area (Å²) in [5.74, 6) is 0.149. The van der Waals surface area contributed by atoms with Gasteiger partial charge >= 0.3 is 0 Å². The molecule has 0 fully saturated rings. The number of aliphatic hydroxyl groups is 1. The summed E-state index contributed by atoms with van der Waals surface area (Å²) >= 11 is 0. The molecule has 1 amide bonds. The lowest BCUT2D eigenvalue weighted by Gasteiger charge is -2.20. The van der Waals surface area contributed by atoms with Gasteiger partial charge in [-0.15, -0.1) is 0 Å². The highest BCUT2D eigenvalue weighted by molar-refractivity contribution is 5.76. The summed E-state index contributed by atoms with van der Waals surface area (Å²) in [6.45, 7) is 4.17. The number of amides is 1. The van der Waals surface area contributed by atoms with Crippen molar-refractivity contribution >= 4 is 5.91 Å². The van der Waals surface area contributed by atoms with E-state index in [0.717, 1.165) is 25.9 Å². The maximum atomic E-state index is 11.6. The van der Waals surface area contributed by atoms with Crippen LogP contribution in [-0.4, -0.2) is 49.2 Å². The molecule has 0 rings (SSSR count). The lowest BCUT2D eigenvalue weighted by atomic mass is 10.2. The zero-order valence-electron chi connectivity index (χ0n) is 9.25. The van der Waals surface area contributed by atoms with Crippen LogP contribution in [0.2, 0.25) is 0 Å². The fourth-order valence-electron chi connectivity index (χ4n) is 1.33. The summed E-state index contributed by atoms with van der Waals surface area (Å²) in [5.41, 5.74) is 0. The summed E-state index contributed by atoms with van der Waals surface area (Å²) in [4.78, 5) is 13.3. The highest BCUT2D eigenvalue weighted by atomic mass is 16.3. The Labute approximate surface area is 86.3 Å². The predicted molar refractivity (Wildman–Crippen MR) is 57.1 cm³/mol. The number of rotatable bonds is 8. The van der Waals surface area contributed by atoms with Crippen LogP contribution in [0.4, 0.5) is 0 Å². The minimum Gasteiger partial charge on any atom is -0.395 e. The molecule has 0 aliphatic carbocycles. The fourth-order valence-corrected chi connectivity index (χ4v) is 1.33. The van der Waals surface area contributed by atoms with Crippen molar-refractivity contribution in [3.8, 4) is 0 Å². The molecule has 0 aliphatic heterocycles. The van der Waals surface area contributed by atoms with Crippen LogP contribution in [0.15, 0.2) is 0 Å². The van der Waals surface area contributed by atoms with Gasteiger partial charge in [0.05, 0.1) is 6.61 Å². The third kappa shape index (κ3) is 5.94. The van der Waals surface area contributed by atoms with Crippen molar-refractivity contribution in [2.24, 2.45) is 0 Å². The number of hydrogen-bond donors (Lipinski definition) is 2. The van der Waals surface area contributed by atoms with Crippen molar-refractivity contribution in [3.05, 3.63) is 0 Å². The minimum absolute atomic E-state index is 0.0533. The van der Waals surface area contributed by atoms with Gasteiger partial charge in [-0.3, -0.25) is 4.79 Å². The third-order valence-corrected chi connectivity index (χ3v) is 2.03. The van der Waals surface area contributed by atoms with E-state index < -0.39 is 0 Å². The average Bonchev–Trinajstić information content (AvgIpc) is 2.18. The van der Waals surface area contributed by atoms with Crippen LogP contribution in [0.3, 0.4) is 0 Å². The van der Waals surface area contributed by atoms with Gasteiger partial charge in [0.15, 0.2) is 0 Å². The molecule has 0 atom stereocenters. The quantitative estimate of drug-likeness (QED) is 0.553. The van der Waals surface area contributed by atoms with Gasteiger partial charge < -0.3 is 15.3 Å². The monoisotopic (exact) mass is 202 g/mol. The number of hydrogen-bond acceptors (Lipinski definition) is 3. The zero-order valence-corrected chi connectivity index (χ0v) is 9.25. The lowest BCUT2D eigenvalue weighted by Crippen LogP contribution is -2.34. The second kappa shape index (κ2) is 8.97. The topological polar surface area (TPSA) is 52.6 Å². The molecule has 0 radical (unpaired) electrons. The predicted octanol–water partition coefficient (Wildman–Crippen LogP) is 0.217. The minimum atomic E-state index is 0.0533. The maximum Gasteiger partial charge on any atom is 0.222 e. The molecule has 14 heavy (non-hydrogen) atoms. The van der Waals surface area contributed by atoms with E-state index in [1.165, 1.54) is 0 Å². The summed E-state index contributed by atoms with van der Waals surface area (Å²) in [5, 5.41) is 11.8. The van der Waals surface area contributed by atoms with E-state index in [9.17, 15) is 4.79 Å². The Kier molecular flexibility index (Phi) is 8.57. The zero-order chi connectivity index (χ0) is 10.8. The van der Waals surface area contributed by atoms with E-state index in [1.54, 1.807) is 4.90 Å². The number of nitrogens with one attached hydrogen (secondary N) is 1. The Balaban J connectivity index is 3.76. The van der Waals surface area contributed by atoms with Crippen LogP contribution in [0.1, 0.15) is 26.2 Å². The van der Waals surface area contributed by atoms with Crippen LogP contribution in [0.25, 0.3) is 0 Å². The largest absolute Gasteiger partial charge is 0.395 e. The number of carbonyl (C=O) groups is 1. The molecular formula is C10H22N2O2. The number of aliphatic hydroxyl groups excluding tert-OH is 1. The van der Waals surface area contributed by atoms with Gasteiger partial charge in [0.25, 0.3) is 0 Å². The molecule has 0 saturated heterocycles. The van der Waals surface area contributed by atoms with E-state index in [0.29, 0.717) is 13.0 Å². The van der Waals surface area contributed by atoms with Gasteiger partial charge in [0, 0.05) is 19.5 Å². The molecule has 0 spiro atoms. The van der Waals surface area contributed by atoms with E-state index in [2.05, 4.69) is 5.32 Å². The standard InChI is InChI=1S/C10H22N2O2/c1-3-7-12(8-9-13)10(14)5-4-6-11-2/h11,13H,3-9H2,1-2H3. The molecule has 0 aromatic heterocycles. The smallest absolute Gasteiger partial charge is 0.222 e. The van der Waals surface area contributed by atoms with Crippen molar-refractivity contribution in [3.63, 3.8) is 0 Å². The Morgan fingerprint density at radius 1 is 1.43 bits per heavy atom. The highest BCUT2D eigenvalue weighted by Crippen LogP contribution is 1.98. The van der Waals surface area contributed by atoms with Crippen LogP contribution < -0.4 is 5.32 Å². The molecule has 0 unspecified atom stereocenters. The van der Waals surface area contributed by atoms with Crippen molar-refractivity contribution < 1.29 is 9.90 Å². The molecule has 84 valence electrons. The average molecular weight is 202 g/mol. The molecule has 0 aliphatic rings. The van der Waals surface area contributed by atoms with Gasteiger partial charge in [-0.05, 0) is 26.4 Å². The SMILES string of the molecule is CCCN(CCO)C(=O)CCCNC. The van der Waals surface area contributed by atoms with Crippen LogP contribution in [0.5, 0.6) is 0 Å². The Morgan fingerprint density at radius 2 is 2.14 bits per heavy atom. The molecule has 0 aromatic rings. The second-order valence-corrected chi connectivity index (χ2v) is 3.31. The first-order chi connectivity index (χ1) is 6.76. The summed E-state index contributed by atoms with van der Waals surface area (Å²) in [6.07, 6.45) is 2.37. The van der Waals surface area contributed by atoms with Crippen molar-refractivity contribution in [2.45, 2.75) is 26.2 Å². The highest BCUT2D eigenvalue weighted by Gasteiger charge is 2.10. The molecular weight excluding hydrogens is 180 g/mol. The molecule has 2 N–H and O–H groups in total. The maximum absolute atomic E-state index is 11.6. The molecule has 0 aromatic carbocycles. The summed E-state index contributed by atoms with van der Waals surface area (Å²) in [7, 11) is 1.88. The third-order valence-electron chi connectivity index (χ3n) is 2.03. The Hall–Kier alpha value is -0.610. The normalized spacial score (nSPS) is 10.2. The van der Waals surface area contributed by atoms with Crippen molar-refractivity contribution in [1.29, 1.82) is 0 Å². The van der Waals surface area contributed by atoms with Gasteiger partial charge in [-0.25, -0.2) is 0 Å². The molecule has 4 nitrogen and oxygen atoms in total. The van der Waals surface area contributed by atoms with Crippen LogP contribution in [-0.2, 0) is 4.79 Å². The Morgan fingerprint density at radius 3 is 2.64 bits per heavy atom.